The summed E-state index contributed by atoms with van der Waals surface area (Å²) in [6.07, 6.45) is 1.18. The minimum absolute atomic E-state index is 0.0415. The molecule has 102 valence electrons. The molecule has 19 heavy (non-hydrogen) atoms. The number of aliphatic carboxylic acids is 1. The van der Waals surface area contributed by atoms with E-state index in [0.717, 1.165) is 18.6 Å². The van der Waals surface area contributed by atoms with E-state index in [4.69, 9.17) is 14.4 Å². The van der Waals surface area contributed by atoms with Gasteiger partial charge in [-0.15, -0.1) is 0 Å². The zero-order valence-corrected chi connectivity index (χ0v) is 10.2. The highest BCUT2D eigenvalue weighted by molar-refractivity contribution is 5.92. The number of aromatic nitrogens is 1. The van der Waals surface area contributed by atoms with Crippen molar-refractivity contribution in [3.63, 3.8) is 0 Å². The molecule has 0 spiro atoms. The zero-order chi connectivity index (χ0) is 13.4. The van der Waals surface area contributed by atoms with Crippen LogP contribution in [0.5, 0.6) is 0 Å². The second kappa shape index (κ2) is 4.65. The maximum Gasteiger partial charge on any atom is 0.334 e. The van der Waals surface area contributed by atoms with Crippen LogP contribution in [0.15, 0.2) is 10.6 Å². The van der Waals surface area contributed by atoms with Crippen molar-refractivity contribution >= 4 is 11.9 Å². The zero-order valence-electron chi connectivity index (χ0n) is 10.2. The number of carboxylic acids is 1. The van der Waals surface area contributed by atoms with Gasteiger partial charge >= 0.3 is 5.97 Å². The van der Waals surface area contributed by atoms with E-state index in [1.165, 1.54) is 4.90 Å². The first-order valence-electron chi connectivity index (χ1n) is 6.25. The number of carbonyl (C=O) groups is 2. The first kappa shape index (κ1) is 12.2. The Kier molecular flexibility index (Phi) is 2.98. The van der Waals surface area contributed by atoms with E-state index >= 15 is 0 Å². The number of carboxylic acid groups (broad SMARTS) is 1. The first-order valence-corrected chi connectivity index (χ1v) is 6.25. The summed E-state index contributed by atoms with van der Waals surface area (Å²) in [7, 11) is 0. The van der Waals surface area contributed by atoms with E-state index in [-0.39, 0.29) is 24.8 Å². The van der Waals surface area contributed by atoms with Gasteiger partial charge in [0.05, 0.1) is 13.2 Å². The van der Waals surface area contributed by atoms with Gasteiger partial charge in [-0.3, -0.25) is 4.79 Å². The van der Waals surface area contributed by atoms with Crippen molar-refractivity contribution in [3.8, 4) is 0 Å². The molecule has 1 amide bonds. The second-order valence-electron chi connectivity index (χ2n) is 4.84. The highest BCUT2D eigenvalue weighted by atomic mass is 16.5. The van der Waals surface area contributed by atoms with Gasteiger partial charge in [-0.2, -0.15) is 0 Å². The van der Waals surface area contributed by atoms with Crippen molar-refractivity contribution in [1.82, 2.24) is 10.1 Å². The number of amides is 1. The predicted octanol–water partition coefficient (Wildman–Crippen LogP) is 0.478. The van der Waals surface area contributed by atoms with Gasteiger partial charge in [0.25, 0.3) is 5.91 Å². The van der Waals surface area contributed by atoms with E-state index < -0.39 is 12.1 Å². The minimum atomic E-state index is -1.06. The van der Waals surface area contributed by atoms with Crippen molar-refractivity contribution < 1.29 is 24.0 Å². The largest absolute Gasteiger partial charge is 0.479 e. The molecular weight excluding hydrogens is 252 g/mol. The van der Waals surface area contributed by atoms with Gasteiger partial charge in [-0.25, -0.2) is 4.79 Å². The van der Waals surface area contributed by atoms with E-state index in [0.29, 0.717) is 12.5 Å². The Morgan fingerprint density at radius 3 is 2.89 bits per heavy atom. The molecule has 2 fully saturated rings. The highest BCUT2D eigenvalue weighted by Gasteiger charge is 2.33. The van der Waals surface area contributed by atoms with Gasteiger partial charge in [0, 0.05) is 18.5 Å². The molecule has 3 rings (SSSR count). The van der Waals surface area contributed by atoms with Gasteiger partial charge < -0.3 is 19.3 Å². The summed E-state index contributed by atoms with van der Waals surface area (Å²) >= 11 is 0. The van der Waals surface area contributed by atoms with Crippen LogP contribution in [0.25, 0.3) is 0 Å². The molecule has 1 unspecified atom stereocenters. The van der Waals surface area contributed by atoms with Crippen LogP contribution >= 0.6 is 0 Å². The summed E-state index contributed by atoms with van der Waals surface area (Å²) in [4.78, 5) is 24.5. The standard InChI is InChI=1S/C12H14N2O5/c15-11(8-5-9(19-13-8)7-1-2-7)14-3-4-18-10(6-14)12(16)17/h5,7,10H,1-4,6H2,(H,16,17). The van der Waals surface area contributed by atoms with Gasteiger partial charge in [-0.1, -0.05) is 5.16 Å². The van der Waals surface area contributed by atoms with Crippen LogP contribution in [0.4, 0.5) is 0 Å². The normalized spacial score (nSPS) is 23.4. The van der Waals surface area contributed by atoms with Gasteiger partial charge in [-0.05, 0) is 12.8 Å². The van der Waals surface area contributed by atoms with Crippen molar-refractivity contribution in [1.29, 1.82) is 0 Å². The smallest absolute Gasteiger partial charge is 0.334 e. The molecule has 1 aliphatic carbocycles. The number of hydrogen-bond acceptors (Lipinski definition) is 5. The van der Waals surface area contributed by atoms with Crippen molar-refractivity contribution in [3.05, 3.63) is 17.5 Å². The molecule has 2 heterocycles. The van der Waals surface area contributed by atoms with E-state index in [9.17, 15) is 9.59 Å². The molecule has 1 aromatic heterocycles. The fourth-order valence-electron chi connectivity index (χ4n) is 2.10. The maximum atomic E-state index is 12.2. The number of ether oxygens (including phenoxy) is 1. The van der Waals surface area contributed by atoms with Crippen molar-refractivity contribution in [2.24, 2.45) is 0 Å². The molecule has 7 nitrogen and oxygen atoms in total. The molecule has 1 saturated carbocycles. The average molecular weight is 266 g/mol. The van der Waals surface area contributed by atoms with Crippen LogP contribution in [-0.2, 0) is 9.53 Å². The summed E-state index contributed by atoms with van der Waals surface area (Å²) in [5.41, 5.74) is 0.243. The molecule has 1 saturated heterocycles. The third kappa shape index (κ3) is 2.46. The van der Waals surface area contributed by atoms with Crippen LogP contribution in [0.1, 0.15) is 35.0 Å². The molecular formula is C12H14N2O5. The van der Waals surface area contributed by atoms with Crippen LogP contribution in [0.3, 0.4) is 0 Å². The van der Waals surface area contributed by atoms with Crippen LogP contribution in [0, 0.1) is 0 Å². The Morgan fingerprint density at radius 1 is 1.42 bits per heavy atom. The minimum Gasteiger partial charge on any atom is -0.479 e. The summed E-state index contributed by atoms with van der Waals surface area (Å²) in [6, 6.07) is 1.66. The number of rotatable bonds is 3. The van der Waals surface area contributed by atoms with Gasteiger partial charge in [0.2, 0.25) is 0 Å². The topological polar surface area (TPSA) is 92.9 Å². The van der Waals surface area contributed by atoms with Gasteiger partial charge in [0.15, 0.2) is 11.8 Å². The van der Waals surface area contributed by atoms with E-state index in [1.807, 2.05) is 0 Å². The Hall–Kier alpha value is -1.89. The highest BCUT2D eigenvalue weighted by Crippen LogP contribution is 2.40. The second-order valence-corrected chi connectivity index (χ2v) is 4.84. The van der Waals surface area contributed by atoms with Gasteiger partial charge in [0.1, 0.15) is 5.76 Å². The van der Waals surface area contributed by atoms with Crippen LogP contribution in [-0.4, -0.2) is 52.8 Å². The number of carbonyl (C=O) groups excluding carboxylic acids is 1. The lowest BCUT2D eigenvalue weighted by Gasteiger charge is -2.30. The molecule has 0 aromatic carbocycles. The molecule has 1 atom stereocenters. The molecule has 1 N–H and O–H groups in total. The summed E-state index contributed by atoms with van der Waals surface area (Å²) < 4.78 is 10.2. The Labute approximate surface area is 109 Å². The van der Waals surface area contributed by atoms with E-state index in [2.05, 4.69) is 5.16 Å². The van der Waals surface area contributed by atoms with E-state index in [1.54, 1.807) is 6.07 Å². The Morgan fingerprint density at radius 2 is 2.21 bits per heavy atom. The Bertz CT molecular complexity index is 508. The first-order chi connectivity index (χ1) is 9.15. The quantitative estimate of drug-likeness (QED) is 0.855. The molecule has 0 radical (unpaired) electrons. The molecule has 1 aromatic rings. The fraction of sp³-hybridized carbons (Fsp3) is 0.583. The average Bonchev–Trinajstić information content (AvgIpc) is 3.16. The predicted molar refractivity (Wildman–Crippen MR) is 61.8 cm³/mol. The SMILES string of the molecule is O=C(O)C1CN(C(=O)c2cc(C3CC3)on2)CCO1. The fourth-order valence-corrected chi connectivity index (χ4v) is 2.10. The van der Waals surface area contributed by atoms with Crippen molar-refractivity contribution in [2.45, 2.75) is 24.9 Å². The lowest BCUT2D eigenvalue weighted by molar-refractivity contribution is -0.154. The van der Waals surface area contributed by atoms with Crippen molar-refractivity contribution in [2.75, 3.05) is 19.7 Å². The molecule has 2 aliphatic rings. The maximum absolute atomic E-state index is 12.2. The Balaban J connectivity index is 1.69. The lowest BCUT2D eigenvalue weighted by Crippen LogP contribution is -2.48. The monoisotopic (exact) mass is 266 g/mol. The summed E-state index contributed by atoms with van der Waals surface area (Å²) in [6.45, 7) is 0.629. The summed E-state index contributed by atoms with van der Waals surface area (Å²) in [5.74, 6) is -0.224. The summed E-state index contributed by atoms with van der Waals surface area (Å²) in [5, 5.41) is 12.7. The number of nitrogens with zero attached hydrogens (tertiary/aromatic N) is 2. The molecule has 7 heteroatoms. The van der Waals surface area contributed by atoms with Crippen LogP contribution in [0.2, 0.25) is 0 Å². The third-order valence-corrected chi connectivity index (χ3v) is 3.36. The number of morpholine rings is 1. The third-order valence-electron chi connectivity index (χ3n) is 3.36. The van der Waals surface area contributed by atoms with Crippen LogP contribution < -0.4 is 0 Å². The molecule has 1 aliphatic heterocycles. The molecule has 0 bridgehead atoms. The lowest BCUT2D eigenvalue weighted by atomic mass is 10.2. The number of hydrogen-bond donors (Lipinski definition) is 1.